The highest BCUT2D eigenvalue weighted by Crippen LogP contribution is 2.40. The van der Waals surface area contributed by atoms with Crippen LogP contribution in [-0.2, 0) is 15.1 Å². The molecule has 22 heavy (non-hydrogen) atoms. The summed E-state index contributed by atoms with van der Waals surface area (Å²) in [6.45, 7) is 9.59. The van der Waals surface area contributed by atoms with Crippen LogP contribution in [-0.4, -0.2) is 18.2 Å². The van der Waals surface area contributed by atoms with E-state index in [0.717, 1.165) is 5.56 Å². The standard InChI is InChI=1S/C17H25IO4/c1-7-16(3,4)15(20)22-17(5,8-2)11-9-12(18)14(19)13(10-11)21-6/h9-10,19H,7-8H2,1-6H3. The molecule has 5 heteroatoms. The molecule has 0 bridgehead atoms. The zero-order valence-corrected chi connectivity index (χ0v) is 16.3. The van der Waals surface area contributed by atoms with Gasteiger partial charge < -0.3 is 14.6 Å². The first-order chi connectivity index (χ1) is 10.1. The first kappa shape index (κ1) is 19.1. The molecule has 4 nitrogen and oxygen atoms in total. The van der Waals surface area contributed by atoms with Gasteiger partial charge in [-0.15, -0.1) is 0 Å². The maximum Gasteiger partial charge on any atom is 0.312 e. The van der Waals surface area contributed by atoms with Gasteiger partial charge in [0.25, 0.3) is 0 Å². The summed E-state index contributed by atoms with van der Waals surface area (Å²) in [6, 6.07) is 3.56. The van der Waals surface area contributed by atoms with Crippen LogP contribution in [0.5, 0.6) is 11.5 Å². The van der Waals surface area contributed by atoms with E-state index in [1.54, 1.807) is 6.07 Å². The summed E-state index contributed by atoms with van der Waals surface area (Å²) in [6.07, 6.45) is 1.34. The number of aromatic hydroxyl groups is 1. The van der Waals surface area contributed by atoms with Crippen LogP contribution >= 0.6 is 22.6 Å². The number of carbonyl (C=O) groups excluding carboxylic acids is 1. The molecule has 1 aromatic rings. The lowest BCUT2D eigenvalue weighted by Gasteiger charge is -2.33. The smallest absolute Gasteiger partial charge is 0.312 e. The second-order valence-electron chi connectivity index (χ2n) is 6.22. The molecule has 1 rings (SSSR count). The van der Waals surface area contributed by atoms with Gasteiger partial charge in [0.15, 0.2) is 11.5 Å². The zero-order valence-electron chi connectivity index (χ0n) is 14.1. The van der Waals surface area contributed by atoms with E-state index in [0.29, 0.717) is 22.2 Å². The lowest BCUT2D eigenvalue weighted by atomic mass is 9.88. The van der Waals surface area contributed by atoms with Gasteiger partial charge in [0.05, 0.1) is 16.1 Å². The predicted octanol–water partition coefficient (Wildman–Crippen LogP) is 4.61. The zero-order chi connectivity index (χ0) is 17.1. The van der Waals surface area contributed by atoms with Crippen LogP contribution in [0.3, 0.4) is 0 Å². The van der Waals surface area contributed by atoms with Crippen molar-refractivity contribution >= 4 is 28.6 Å². The number of hydrogen-bond donors (Lipinski definition) is 1. The summed E-state index contributed by atoms with van der Waals surface area (Å²) in [5.41, 5.74) is -0.469. The van der Waals surface area contributed by atoms with Crippen LogP contribution in [0.4, 0.5) is 0 Å². The largest absolute Gasteiger partial charge is 0.504 e. The Balaban J connectivity index is 3.24. The molecular formula is C17H25IO4. The topological polar surface area (TPSA) is 55.8 Å². The number of hydrogen-bond acceptors (Lipinski definition) is 4. The fraction of sp³-hybridized carbons (Fsp3) is 0.588. The minimum absolute atomic E-state index is 0.102. The molecule has 0 aliphatic rings. The molecule has 0 fully saturated rings. The van der Waals surface area contributed by atoms with E-state index in [9.17, 15) is 9.90 Å². The summed E-state index contributed by atoms with van der Waals surface area (Å²) < 4.78 is 11.7. The highest BCUT2D eigenvalue weighted by molar-refractivity contribution is 14.1. The predicted molar refractivity (Wildman–Crippen MR) is 95.2 cm³/mol. The van der Waals surface area contributed by atoms with Gasteiger partial charge in [-0.1, -0.05) is 13.8 Å². The summed E-state index contributed by atoms with van der Waals surface area (Å²) in [7, 11) is 1.50. The lowest BCUT2D eigenvalue weighted by Crippen LogP contribution is -2.35. The molecule has 0 radical (unpaired) electrons. The molecule has 0 amide bonds. The fourth-order valence-electron chi connectivity index (χ4n) is 1.86. The Labute approximate surface area is 146 Å². The lowest BCUT2D eigenvalue weighted by molar-refractivity contribution is -0.170. The van der Waals surface area contributed by atoms with Crippen molar-refractivity contribution in [3.8, 4) is 11.5 Å². The summed E-state index contributed by atoms with van der Waals surface area (Å²) in [4.78, 5) is 12.4. The van der Waals surface area contributed by atoms with Crippen molar-refractivity contribution < 1.29 is 19.4 Å². The first-order valence-corrected chi connectivity index (χ1v) is 8.49. The maximum absolute atomic E-state index is 12.4. The van der Waals surface area contributed by atoms with E-state index < -0.39 is 11.0 Å². The highest BCUT2D eigenvalue weighted by atomic mass is 127. The van der Waals surface area contributed by atoms with Gasteiger partial charge in [-0.2, -0.15) is 0 Å². The number of phenols is 1. The van der Waals surface area contributed by atoms with Crippen LogP contribution in [0.1, 0.15) is 53.0 Å². The van der Waals surface area contributed by atoms with E-state index in [1.807, 2.05) is 63.3 Å². The van der Waals surface area contributed by atoms with E-state index in [2.05, 4.69) is 0 Å². The molecule has 0 aliphatic carbocycles. The molecule has 1 unspecified atom stereocenters. The van der Waals surface area contributed by atoms with E-state index in [4.69, 9.17) is 9.47 Å². The van der Waals surface area contributed by atoms with Crippen LogP contribution in [0, 0.1) is 8.99 Å². The molecule has 0 aliphatic heterocycles. The molecule has 1 aromatic carbocycles. The quantitative estimate of drug-likeness (QED) is 0.540. The Kier molecular flexibility index (Phi) is 6.12. The van der Waals surface area contributed by atoms with Crippen molar-refractivity contribution in [3.63, 3.8) is 0 Å². The fourth-order valence-corrected chi connectivity index (χ4v) is 2.46. The Morgan fingerprint density at radius 1 is 1.23 bits per heavy atom. The normalized spacial score (nSPS) is 14.3. The first-order valence-electron chi connectivity index (χ1n) is 7.41. The van der Waals surface area contributed by atoms with Gasteiger partial charge in [0.1, 0.15) is 5.60 Å². The number of phenolic OH excluding ortho intramolecular Hbond substituents is 1. The molecular weight excluding hydrogens is 395 g/mol. The number of rotatable bonds is 6. The number of benzene rings is 1. The Bertz CT molecular complexity index is 554. The number of halogens is 1. The number of esters is 1. The van der Waals surface area contributed by atoms with Crippen molar-refractivity contribution in [3.05, 3.63) is 21.3 Å². The Morgan fingerprint density at radius 3 is 2.27 bits per heavy atom. The minimum Gasteiger partial charge on any atom is -0.504 e. The second kappa shape index (κ2) is 7.06. The van der Waals surface area contributed by atoms with E-state index in [-0.39, 0.29) is 11.7 Å². The van der Waals surface area contributed by atoms with Crippen molar-refractivity contribution in [1.82, 2.24) is 0 Å². The average Bonchev–Trinajstić information content (AvgIpc) is 2.49. The monoisotopic (exact) mass is 420 g/mol. The second-order valence-corrected chi connectivity index (χ2v) is 7.38. The third-order valence-electron chi connectivity index (χ3n) is 4.29. The molecule has 0 aromatic heterocycles. The number of ether oxygens (including phenoxy) is 2. The van der Waals surface area contributed by atoms with Gasteiger partial charge in [0.2, 0.25) is 0 Å². The summed E-state index contributed by atoms with van der Waals surface area (Å²) >= 11 is 2.04. The van der Waals surface area contributed by atoms with Crippen molar-refractivity contribution in [2.45, 2.75) is 53.1 Å². The third-order valence-corrected chi connectivity index (χ3v) is 5.11. The van der Waals surface area contributed by atoms with Crippen LogP contribution in [0.2, 0.25) is 0 Å². The van der Waals surface area contributed by atoms with Gasteiger partial charge in [0, 0.05) is 5.56 Å². The summed E-state index contributed by atoms with van der Waals surface area (Å²) in [5, 5.41) is 9.97. The molecule has 0 saturated heterocycles. The van der Waals surface area contributed by atoms with Gasteiger partial charge in [-0.3, -0.25) is 4.79 Å². The molecule has 1 N–H and O–H groups in total. The minimum atomic E-state index is -0.759. The Morgan fingerprint density at radius 2 is 1.82 bits per heavy atom. The van der Waals surface area contributed by atoms with Crippen molar-refractivity contribution in [1.29, 1.82) is 0 Å². The molecule has 1 atom stereocenters. The number of methoxy groups -OCH3 is 1. The van der Waals surface area contributed by atoms with Gasteiger partial charge in [-0.25, -0.2) is 0 Å². The SMILES string of the molecule is CCC(C)(C)C(=O)OC(C)(CC)c1cc(I)c(O)c(OC)c1. The molecule has 0 saturated carbocycles. The van der Waals surface area contributed by atoms with Crippen molar-refractivity contribution in [2.24, 2.45) is 5.41 Å². The number of carbonyl (C=O) groups is 1. The molecule has 0 spiro atoms. The van der Waals surface area contributed by atoms with E-state index in [1.165, 1.54) is 7.11 Å². The Hall–Kier alpha value is -0.980. The summed E-state index contributed by atoms with van der Waals surface area (Å²) in [5.74, 6) is 0.263. The maximum atomic E-state index is 12.4. The molecule has 124 valence electrons. The van der Waals surface area contributed by atoms with Gasteiger partial charge in [-0.05, 0) is 68.3 Å². The van der Waals surface area contributed by atoms with Crippen LogP contribution in [0.25, 0.3) is 0 Å². The molecule has 0 heterocycles. The van der Waals surface area contributed by atoms with E-state index >= 15 is 0 Å². The average molecular weight is 420 g/mol. The van der Waals surface area contributed by atoms with Crippen LogP contribution in [0.15, 0.2) is 12.1 Å². The van der Waals surface area contributed by atoms with Crippen LogP contribution < -0.4 is 4.74 Å². The van der Waals surface area contributed by atoms with Gasteiger partial charge >= 0.3 is 5.97 Å². The van der Waals surface area contributed by atoms with Crippen molar-refractivity contribution in [2.75, 3.05) is 7.11 Å². The third kappa shape index (κ3) is 3.86. The highest BCUT2D eigenvalue weighted by Gasteiger charge is 2.36.